The second-order valence-electron chi connectivity index (χ2n) is 7.40. The number of ether oxygens (including phenoxy) is 1. The fourth-order valence-electron chi connectivity index (χ4n) is 4.07. The quantitative estimate of drug-likeness (QED) is 0.820. The highest BCUT2D eigenvalue weighted by Gasteiger charge is 2.50. The molecular weight excluding hydrogens is 342 g/mol. The Balaban J connectivity index is 1.59. The van der Waals surface area contributed by atoms with Gasteiger partial charge in [0.2, 0.25) is 0 Å². The smallest absolute Gasteiger partial charge is 0.272 e. The number of amides is 2. The first kappa shape index (κ1) is 17.7. The molecule has 0 N–H and O–H groups in total. The van der Waals surface area contributed by atoms with E-state index in [1.807, 2.05) is 61.2 Å². The average Bonchev–Trinajstić information content (AvgIpc) is 2.68. The highest BCUT2D eigenvalue weighted by atomic mass is 16.5. The van der Waals surface area contributed by atoms with Crippen molar-refractivity contribution in [3.05, 3.63) is 59.9 Å². The first-order valence-electron chi connectivity index (χ1n) is 9.22. The summed E-state index contributed by atoms with van der Waals surface area (Å²) in [5, 5.41) is 0. The molecule has 2 atom stereocenters. The topological polar surface area (TPSA) is 62.7 Å². The van der Waals surface area contributed by atoms with Crippen molar-refractivity contribution in [1.82, 2.24) is 9.88 Å². The number of rotatable bonds is 2. The molecule has 140 valence electrons. The molecule has 27 heavy (non-hydrogen) atoms. The van der Waals surface area contributed by atoms with Gasteiger partial charge in [-0.3, -0.25) is 9.59 Å². The van der Waals surface area contributed by atoms with E-state index < -0.39 is 5.60 Å². The summed E-state index contributed by atoms with van der Waals surface area (Å²) in [6, 6.07) is 15.0. The third-order valence-corrected chi connectivity index (χ3v) is 5.42. The van der Waals surface area contributed by atoms with Crippen LogP contribution >= 0.6 is 0 Å². The molecule has 2 aliphatic rings. The van der Waals surface area contributed by atoms with Crippen molar-refractivity contribution in [3.63, 3.8) is 0 Å². The molecule has 0 bridgehead atoms. The van der Waals surface area contributed by atoms with Gasteiger partial charge in [0.25, 0.3) is 11.8 Å². The van der Waals surface area contributed by atoms with E-state index in [-0.39, 0.29) is 24.5 Å². The van der Waals surface area contributed by atoms with Gasteiger partial charge in [-0.05, 0) is 44.5 Å². The summed E-state index contributed by atoms with van der Waals surface area (Å²) in [5.74, 6) is -0.131. The summed E-state index contributed by atoms with van der Waals surface area (Å²) >= 11 is 0. The number of fused-ring (bicyclic) bond motifs is 1. The normalized spacial score (nSPS) is 25.3. The number of para-hydroxylation sites is 1. The van der Waals surface area contributed by atoms with Crippen LogP contribution in [0.2, 0.25) is 0 Å². The van der Waals surface area contributed by atoms with Crippen LogP contribution in [0, 0.1) is 6.92 Å². The van der Waals surface area contributed by atoms with Crippen molar-refractivity contribution in [3.8, 4) is 0 Å². The minimum atomic E-state index is -0.610. The third-order valence-electron chi connectivity index (χ3n) is 5.42. The average molecular weight is 365 g/mol. The van der Waals surface area contributed by atoms with Crippen molar-refractivity contribution in [2.75, 3.05) is 24.6 Å². The van der Waals surface area contributed by atoms with Gasteiger partial charge in [-0.1, -0.05) is 24.3 Å². The van der Waals surface area contributed by atoms with Crippen LogP contribution in [0.15, 0.2) is 48.5 Å². The molecule has 0 spiro atoms. The summed E-state index contributed by atoms with van der Waals surface area (Å²) < 4.78 is 5.97. The van der Waals surface area contributed by atoms with Crippen LogP contribution in [0.3, 0.4) is 0 Å². The number of nitrogens with zero attached hydrogens (tertiary/aromatic N) is 3. The Morgan fingerprint density at radius 3 is 2.70 bits per heavy atom. The highest BCUT2D eigenvalue weighted by molar-refractivity contribution is 5.96. The van der Waals surface area contributed by atoms with Gasteiger partial charge in [0.1, 0.15) is 17.9 Å². The van der Waals surface area contributed by atoms with E-state index in [4.69, 9.17) is 4.74 Å². The minimum absolute atomic E-state index is 0.0205. The number of aryl methyl sites for hydroxylation is 1. The molecule has 2 fully saturated rings. The van der Waals surface area contributed by atoms with E-state index in [9.17, 15) is 9.59 Å². The van der Waals surface area contributed by atoms with Crippen molar-refractivity contribution in [2.24, 2.45) is 0 Å². The molecular formula is C21H23N3O3. The maximum Gasteiger partial charge on any atom is 0.272 e. The summed E-state index contributed by atoms with van der Waals surface area (Å²) in [6.07, 6.45) is 0.661. The molecule has 0 radical (unpaired) electrons. The predicted octanol–water partition coefficient (Wildman–Crippen LogP) is 2.43. The lowest BCUT2D eigenvalue weighted by Gasteiger charge is -2.52. The zero-order chi connectivity index (χ0) is 19.0. The van der Waals surface area contributed by atoms with E-state index in [0.717, 1.165) is 11.4 Å². The zero-order valence-corrected chi connectivity index (χ0v) is 15.6. The number of piperidine rings is 1. The molecule has 3 heterocycles. The maximum atomic E-state index is 12.9. The van der Waals surface area contributed by atoms with Gasteiger partial charge in [0.15, 0.2) is 0 Å². The molecule has 0 aliphatic carbocycles. The fourth-order valence-corrected chi connectivity index (χ4v) is 4.07. The SMILES string of the molecule is Cc1cccc(C(=O)N2CC[C@H]3N(c4ccccc4)C(=O)CO[C@]3(C)C2)n1. The largest absolute Gasteiger partial charge is 0.361 e. The molecule has 0 saturated carbocycles. The molecule has 2 aliphatic heterocycles. The van der Waals surface area contributed by atoms with E-state index in [1.54, 1.807) is 11.0 Å². The summed E-state index contributed by atoms with van der Waals surface area (Å²) in [6.45, 7) is 4.88. The van der Waals surface area contributed by atoms with Crippen molar-refractivity contribution in [2.45, 2.75) is 31.9 Å². The zero-order valence-electron chi connectivity index (χ0n) is 15.6. The second kappa shape index (κ2) is 6.78. The number of aromatic nitrogens is 1. The van der Waals surface area contributed by atoms with E-state index in [2.05, 4.69) is 4.98 Å². The van der Waals surface area contributed by atoms with Gasteiger partial charge in [0, 0.05) is 17.9 Å². The van der Waals surface area contributed by atoms with Gasteiger partial charge < -0.3 is 14.5 Å². The van der Waals surface area contributed by atoms with E-state index in [1.165, 1.54) is 0 Å². The molecule has 2 amide bonds. The van der Waals surface area contributed by atoms with Crippen molar-refractivity contribution in [1.29, 1.82) is 0 Å². The number of hydrogen-bond donors (Lipinski definition) is 0. The molecule has 2 aromatic rings. The predicted molar refractivity (Wildman–Crippen MR) is 102 cm³/mol. The minimum Gasteiger partial charge on any atom is -0.361 e. The van der Waals surface area contributed by atoms with Crippen LogP contribution in [0.5, 0.6) is 0 Å². The third kappa shape index (κ3) is 3.21. The standard InChI is InChI=1S/C21H23N3O3/c1-15-7-6-10-17(22-15)20(26)23-12-11-18-21(2,14-23)27-13-19(25)24(18)16-8-4-3-5-9-16/h3-10,18H,11-14H2,1-2H3/t18-,21-/m1/s1. The van der Waals surface area contributed by atoms with Crippen LogP contribution in [-0.4, -0.2) is 53.0 Å². The molecule has 6 heteroatoms. The van der Waals surface area contributed by atoms with Crippen molar-refractivity contribution >= 4 is 17.5 Å². The number of carbonyl (C=O) groups is 2. The first-order valence-corrected chi connectivity index (χ1v) is 9.22. The van der Waals surface area contributed by atoms with Gasteiger partial charge in [-0.15, -0.1) is 0 Å². The Morgan fingerprint density at radius 1 is 1.19 bits per heavy atom. The van der Waals surface area contributed by atoms with Crippen LogP contribution in [0.1, 0.15) is 29.5 Å². The van der Waals surface area contributed by atoms with Crippen LogP contribution in [-0.2, 0) is 9.53 Å². The Morgan fingerprint density at radius 2 is 1.96 bits per heavy atom. The Kier molecular flexibility index (Phi) is 4.44. The van der Waals surface area contributed by atoms with E-state index >= 15 is 0 Å². The molecule has 1 aromatic heterocycles. The summed E-state index contributed by atoms with van der Waals surface area (Å²) in [4.78, 5) is 33.5. The van der Waals surface area contributed by atoms with Gasteiger partial charge in [0.05, 0.1) is 12.6 Å². The number of anilines is 1. The number of hydrogen-bond acceptors (Lipinski definition) is 4. The molecule has 1 aromatic carbocycles. The first-order chi connectivity index (χ1) is 13.0. The number of carbonyl (C=O) groups excluding carboxylic acids is 2. The van der Waals surface area contributed by atoms with E-state index in [0.29, 0.717) is 25.2 Å². The lowest BCUT2D eigenvalue weighted by molar-refractivity contribution is -0.149. The Labute approximate surface area is 158 Å². The van der Waals surface area contributed by atoms with Gasteiger partial charge in [-0.2, -0.15) is 0 Å². The lowest BCUT2D eigenvalue weighted by Crippen LogP contribution is -2.68. The second-order valence-corrected chi connectivity index (χ2v) is 7.40. The maximum absolute atomic E-state index is 12.9. The Bertz CT molecular complexity index is 870. The molecule has 0 unspecified atom stereocenters. The fraction of sp³-hybridized carbons (Fsp3) is 0.381. The Hall–Kier alpha value is -2.73. The monoisotopic (exact) mass is 365 g/mol. The number of pyridine rings is 1. The molecule has 6 nitrogen and oxygen atoms in total. The molecule has 4 rings (SSSR count). The van der Waals surface area contributed by atoms with Crippen LogP contribution < -0.4 is 4.90 Å². The van der Waals surface area contributed by atoms with Crippen LogP contribution in [0.4, 0.5) is 5.69 Å². The number of benzene rings is 1. The summed E-state index contributed by atoms with van der Waals surface area (Å²) in [7, 11) is 0. The lowest BCUT2D eigenvalue weighted by atomic mass is 9.85. The number of likely N-dealkylation sites (tertiary alicyclic amines) is 1. The molecule has 2 saturated heterocycles. The number of morpholine rings is 1. The van der Waals surface area contributed by atoms with Crippen molar-refractivity contribution < 1.29 is 14.3 Å². The van der Waals surface area contributed by atoms with Crippen LogP contribution in [0.25, 0.3) is 0 Å². The van der Waals surface area contributed by atoms with Gasteiger partial charge in [-0.25, -0.2) is 4.98 Å². The highest BCUT2D eigenvalue weighted by Crippen LogP contribution is 2.36. The summed E-state index contributed by atoms with van der Waals surface area (Å²) in [5.41, 5.74) is 1.53. The van der Waals surface area contributed by atoms with Gasteiger partial charge >= 0.3 is 0 Å².